The maximum atomic E-state index is 12.9. The number of aromatic nitrogens is 3. The maximum absolute atomic E-state index is 12.9. The van der Waals surface area contributed by atoms with Gasteiger partial charge in [0.25, 0.3) is 0 Å². The molecular weight excluding hydrogens is 319 g/mol. The van der Waals surface area contributed by atoms with Gasteiger partial charge in [-0.25, -0.2) is 4.39 Å². The van der Waals surface area contributed by atoms with Crippen LogP contribution < -0.4 is 10.6 Å². The molecule has 7 heteroatoms. The Bertz CT molecular complexity index is 871. The molecular formula is C18H15FN6. The van der Waals surface area contributed by atoms with Crippen LogP contribution in [0.2, 0.25) is 0 Å². The van der Waals surface area contributed by atoms with Gasteiger partial charge in [0.05, 0.1) is 17.8 Å². The van der Waals surface area contributed by atoms with Crippen molar-refractivity contribution < 1.29 is 4.39 Å². The number of halogens is 1. The average Bonchev–Trinajstić information content (AvgIpc) is 2.64. The van der Waals surface area contributed by atoms with Crippen LogP contribution in [0.4, 0.5) is 21.8 Å². The molecule has 0 fully saturated rings. The Hall–Kier alpha value is -3.53. The lowest BCUT2D eigenvalue weighted by atomic mass is 10.1. The SMILES string of the molecule is N#Cc1ccc(Nc2cnnc(NCCc3ccc(F)cc3)n2)cc1. The summed E-state index contributed by atoms with van der Waals surface area (Å²) in [5.41, 5.74) is 2.42. The van der Waals surface area contributed by atoms with Crippen LogP contribution >= 0.6 is 0 Å². The highest BCUT2D eigenvalue weighted by Gasteiger charge is 2.02. The molecule has 1 heterocycles. The molecule has 6 nitrogen and oxygen atoms in total. The molecule has 0 saturated heterocycles. The van der Waals surface area contributed by atoms with Crippen molar-refractivity contribution in [1.29, 1.82) is 5.26 Å². The predicted molar refractivity (Wildman–Crippen MR) is 92.9 cm³/mol. The second-order valence-electron chi connectivity index (χ2n) is 5.28. The number of nitrogens with zero attached hydrogens (tertiary/aromatic N) is 4. The van der Waals surface area contributed by atoms with Gasteiger partial charge in [-0.3, -0.25) is 0 Å². The highest BCUT2D eigenvalue weighted by molar-refractivity contribution is 5.57. The molecule has 0 aliphatic rings. The van der Waals surface area contributed by atoms with E-state index in [4.69, 9.17) is 5.26 Å². The van der Waals surface area contributed by atoms with Gasteiger partial charge in [-0.1, -0.05) is 12.1 Å². The first-order valence-corrected chi connectivity index (χ1v) is 7.68. The first kappa shape index (κ1) is 16.3. The van der Waals surface area contributed by atoms with E-state index in [1.54, 1.807) is 36.4 Å². The summed E-state index contributed by atoms with van der Waals surface area (Å²) in [6.07, 6.45) is 2.24. The van der Waals surface area contributed by atoms with Crippen molar-refractivity contribution in [3.05, 3.63) is 71.7 Å². The quantitative estimate of drug-likeness (QED) is 0.719. The van der Waals surface area contributed by atoms with Crippen LogP contribution in [-0.2, 0) is 6.42 Å². The second-order valence-corrected chi connectivity index (χ2v) is 5.28. The summed E-state index contributed by atoms with van der Waals surface area (Å²) in [4.78, 5) is 4.34. The fourth-order valence-electron chi connectivity index (χ4n) is 2.18. The van der Waals surface area contributed by atoms with E-state index in [1.165, 1.54) is 18.3 Å². The summed E-state index contributed by atoms with van der Waals surface area (Å²) in [7, 11) is 0. The minimum atomic E-state index is -0.245. The van der Waals surface area contributed by atoms with E-state index in [0.29, 0.717) is 23.9 Å². The number of nitrogens with one attached hydrogen (secondary N) is 2. The Morgan fingerprint density at radius 1 is 1.04 bits per heavy atom. The number of benzene rings is 2. The molecule has 0 aliphatic carbocycles. The number of anilines is 3. The summed E-state index contributed by atoms with van der Waals surface area (Å²) in [6, 6.07) is 15.5. The molecule has 3 aromatic rings. The normalized spacial score (nSPS) is 10.1. The van der Waals surface area contributed by atoms with Crippen LogP contribution in [0.5, 0.6) is 0 Å². The lowest BCUT2D eigenvalue weighted by molar-refractivity contribution is 0.627. The van der Waals surface area contributed by atoms with E-state index in [-0.39, 0.29) is 5.82 Å². The molecule has 2 aromatic carbocycles. The van der Waals surface area contributed by atoms with Gasteiger partial charge in [-0.15, -0.1) is 5.10 Å². The summed E-state index contributed by atoms with van der Waals surface area (Å²) in [5.74, 6) is 0.704. The Labute approximate surface area is 144 Å². The molecule has 0 saturated carbocycles. The van der Waals surface area contributed by atoms with Crippen LogP contribution in [-0.4, -0.2) is 21.7 Å². The average molecular weight is 334 g/mol. The molecule has 0 spiro atoms. The molecule has 1 aromatic heterocycles. The number of nitriles is 1. The van der Waals surface area contributed by atoms with E-state index in [2.05, 4.69) is 31.9 Å². The van der Waals surface area contributed by atoms with Crippen LogP contribution in [0.25, 0.3) is 0 Å². The summed E-state index contributed by atoms with van der Waals surface area (Å²) < 4.78 is 12.9. The molecule has 0 bridgehead atoms. The van der Waals surface area contributed by atoms with Gasteiger partial charge in [0, 0.05) is 12.2 Å². The zero-order chi connectivity index (χ0) is 17.5. The lowest BCUT2D eigenvalue weighted by Gasteiger charge is -2.08. The Balaban J connectivity index is 1.57. The fourth-order valence-corrected chi connectivity index (χ4v) is 2.18. The zero-order valence-electron chi connectivity index (χ0n) is 13.3. The third-order valence-electron chi connectivity index (χ3n) is 3.46. The van der Waals surface area contributed by atoms with E-state index in [0.717, 1.165) is 17.7 Å². The fraction of sp³-hybridized carbons (Fsp3) is 0.111. The Morgan fingerprint density at radius 2 is 1.80 bits per heavy atom. The highest BCUT2D eigenvalue weighted by atomic mass is 19.1. The number of rotatable bonds is 6. The van der Waals surface area contributed by atoms with Crippen molar-refractivity contribution in [3.63, 3.8) is 0 Å². The largest absolute Gasteiger partial charge is 0.353 e. The van der Waals surface area contributed by atoms with Crippen LogP contribution in [0.3, 0.4) is 0 Å². The van der Waals surface area contributed by atoms with Gasteiger partial charge < -0.3 is 10.6 Å². The Morgan fingerprint density at radius 3 is 2.52 bits per heavy atom. The monoisotopic (exact) mass is 334 g/mol. The number of hydrogen-bond acceptors (Lipinski definition) is 6. The molecule has 2 N–H and O–H groups in total. The van der Waals surface area contributed by atoms with Crippen LogP contribution in [0.1, 0.15) is 11.1 Å². The lowest BCUT2D eigenvalue weighted by Crippen LogP contribution is -2.09. The molecule has 0 amide bonds. The molecule has 0 aliphatic heterocycles. The minimum absolute atomic E-state index is 0.245. The van der Waals surface area contributed by atoms with Gasteiger partial charge in [0.1, 0.15) is 5.82 Å². The smallest absolute Gasteiger partial charge is 0.244 e. The van der Waals surface area contributed by atoms with Gasteiger partial charge in [-0.2, -0.15) is 15.3 Å². The van der Waals surface area contributed by atoms with E-state index >= 15 is 0 Å². The van der Waals surface area contributed by atoms with E-state index < -0.39 is 0 Å². The molecule has 3 rings (SSSR count). The molecule has 0 unspecified atom stereocenters. The highest BCUT2D eigenvalue weighted by Crippen LogP contribution is 2.15. The third kappa shape index (κ3) is 4.72. The maximum Gasteiger partial charge on any atom is 0.244 e. The van der Waals surface area contributed by atoms with E-state index in [1.807, 2.05) is 0 Å². The van der Waals surface area contributed by atoms with Crippen molar-refractivity contribution in [2.24, 2.45) is 0 Å². The van der Waals surface area contributed by atoms with E-state index in [9.17, 15) is 4.39 Å². The predicted octanol–water partition coefficient (Wildman–Crippen LogP) is 3.28. The summed E-state index contributed by atoms with van der Waals surface area (Å²) in [6.45, 7) is 0.605. The first-order chi connectivity index (χ1) is 12.2. The van der Waals surface area contributed by atoms with Crippen molar-refractivity contribution in [2.75, 3.05) is 17.2 Å². The molecule has 124 valence electrons. The van der Waals surface area contributed by atoms with Crippen molar-refractivity contribution >= 4 is 17.5 Å². The zero-order valence-corrected chi connectivity index (χ0v) is 13.3. The standard InChI is InChI=1S/C18H15FN6/c19-15-5-1-13(2-6-15)9-10-21-18-24-17(12-22-25-18)23-16-7-3-14(11-20)4-8-16/h1-8,12H,9-10H2,(H2,21,23,24,25). The first-order valence-electron chi connectivity index (χ1n) is 7.68. The van der Waals surface area contributed by atoms with Crippen LogP contribution in [0.15, 0.2) is 54.7 Å². The molecule has 25 heavy (non-hydrogen) atoms. The summed E-state index contributed by atoms with van der Waals surface area (Å²) >= 11 is 0. The Kier molecular flexibility index (Phi) is 5.12. The minimum Gasteiger partial charge on any atom is -0.353 e. The molecule has 0 radical (unpaired) electrons. The van der Waals surface area contributed by atoms with Gasteiger partial charge >= 0.3 is 0 Å². The van der Waals surface area contributed by atoms with Crippen molar-refractivity contribution in [2.45, 2.75) is 6.42 Å². The van der Waals surface area contributed by atoms with Crippen molar-refractivity contribution in [3.8, 4) is 6.07 Å². The molecule has 0 atom stereocenters. The van der Waals surface area contributed by atoms with Crippen molar-refractivity contribution in [1.82, 2.24) is 15.2 Å². The van der Waals surface area contributed by atoms with Gasteiger partial charge in [0.15, 0.2) is 5.82 Å². The van der Waals surface area contributed by atoms with Gasteiger partial charge in [0.2, 0.25) is 5.95 Å². The topological polar surface area (TPSA) is 86.5 Å². The van der Waals surface area contributed by atoms with Crippen LogP contribution in [0, 0.1) is 17.1 Å². The third-order valence-corrected chi connectivity index (χ3v) is 3.46. The summed E-state index contributed by atoms with van der Waals surface area (Å²) in [5, 5.41) is 22.9. The van der Waals surface area contributed by atoms with Gasteiger partial charge in [-0.05, 0) is 48.4 Å². The second kappa shape index (κ2) is 7.84. The number of hydrogen-bond donors (Lipinski definition) is 2.